The maximum absolute atomic E-state index is 5.58. The minimum atomic E-state index is 0.137. The van der Waals surface area contributed by atoms with Crippen molar-refractivity contribution in [3.05, 3.63) is 47.8 Å². The van der Waals surface area contributed by atoms with E-state index in [-0.39, 0.29) is 6.04 Å². The highest BCUT2D eigenvalue weighted by molar-refractivity contribution is 5.50. The first-order chi connectivity index (χ1) is 9.85. The largest absolute Gasteiger partial charge is 0.493 e. The van der Waals surface area contributed by atoms with E-state index in [1.54, 1.807) is 14.2 Å². The van der Waals surface area contributed by atoms with E-state index in [0.29, 0.717) is 0 Å². The quantitative estimate of drug-likeness (QED) is 0.933. The van der Waals surface area contributed by atoms with E-state index in [0.717, 1.165) is 36.6 Å². The van der Waals surface area contributed by atoms with Crippen molar-refractivity contribution in [2.24, 2.45) is 0 Å². The molecule has 0 radical (unpaired) electrons. The Labute approximate surface area is 119 Å². The van der Waals surface area contributed by atoms with Gasteiger partial charge in [-0.1, -0.05) is 12.1 Å². The summed E-state index contributed by atoms with van der Waals surface area (Å²) in [4.78, 5) is 0. The lowest BCUT2D eigenvalue weighted by Crippen LogP contribution is -2.23. The molecule has 0 amide bonds. The molecule has 106 valence electrons. The van der Waals surface area contributed by atoms with E-state index in [4.69, 9.17) is 9.47 Å². The lowest BCUT2D eigenvalue weighted by atomic mass is 10.0. The van der Waals surface area contributed by atoms with Crippen molar-refractivity contribution in [1.82, 2.24) is 9.88 Å². The molecule has 1 aromatic heterocycles. The molecule has 0 saturated carbocycles. The van der Waals surface area contributed by atoms with E-state index in [9.17, 15) is 0 Å². The molecule has 4 heteroatoms. The second kappa shape index (κ2) is 5.59. The van der Waals surface area contributed by atoms with Gasteiger partial charge in [-0.25, -0.2) is 0 Å². The molecule has 1 unspecified atom stereocenters. The molecule has 20 heavy (non-hydrogen) atoms. The van der Waals surface area contributed by atoms with Crippen molar-refractivity contribution in [2.45, 2.75) is 19.0 Å². The summed E-state index contributed by atoms with van der Waals surface area (Å²) in [6.07, 6.45) is 3.27. The average Bonchev–Trinajstić information content (AvgIpc) is 2.86. The van der Waals surface area contributed by atoms with Crippen LogP contribution in [-0.4, -0.2) is 25.3 Å². The van der Waals surface area contributed by atoms with Crippen molar-refractivity contribution in [1.29, 1.82) is 0 Å². The monoisotopic (exact) mass is 272 g/mol. The molecular formula is C16H20N2O2. The van der Waals surface area contributed by atoms with Crippen LogP contribution in [0.5, 0.6) is 11.5 Å². The number of para-hydroxylation sites is 1. The SMILES string of the molecule is COc1cccc(C2NCCCn3cccc32)c1OC. The Morgan fingerprint density at radius 3 is 2.85 bits per heavy atom. The van der Waals surface area contributed by atoms with E-state index < -0.39 is 0 Å². The van der Waals surface area contributed by atoms with Crippen molar-refractivity contribution < 1.29 is 9.47 Å². The summed E-state index contributed by atoms with van der Waals surface area (Å²) in [5.41, 5.74) is 2.39. The first kappa shape index (κ1) is 13.1. The molecule has 1 N–H and O–H groups in total. The molecule has 0 spiro atoms. The Morgan fingerprint density at radius 1 is 1.15 bits per heavy atom. The summed E-state index contributed by atoms with van der Waals surface area (Å²) in [6.45, 7) is 2.05. The molecule has 1 aliphatic rings. The van der Waals surface area contributed by atoms with Crippen LogP contribution < -0.4 is 14.8 Å². The number of hydrogen-bond acceptors (Lipinski definition) is 3. The van der Waals surface area contributed by atoms with Crippen molar-refractivity contribution in [3.63, 3.8) is 0 Å². The number of aromatic nitrogens is 1. The minimum absolute atomic E-state index is 0.137. The van der Waals surface area contributed by atoms with Gasteiger partial charge in [-0.05, 0) is 31.2 Å². The van der Waals surface area contributed by atoms with Crippen LogP contribution >= 0.6 is 0 Å². The first-order valence-electron chi connectivity index (χ1n) is 6.94. The van der Waals surface area contributed by atoms with Crippen LogP contribution in [-0.2, 0) is 6.54 Å². The summed E-state index contributed by atoms with van der Waals surface area (Å²) in [5.74, 6) is 1.58. The molecule has 0 bridgehead atoms. The summed E-state index contributed by atoms with van der Waals surface area (Å²) in [5, 5.41) is 3.61. The average molecular weight is 272 g/mol. The highest BCUT2D eigenvalue weighted by atomic mass is 16.5. The highest BCUT2D eigenvalue weighted by Gasteiger charge is 2.24. The van der Waals surface area contributed by atoms with Gasteiger partial charge >= 0.3 is 0 Å². The maximum Gasteiger partial charge on any atom is 0.165 e. The van der Waals surface area contributed by atoms with Crippen molar-refractivity contribution in [2.75, 3.05) is 20.8 Å². The first-order valence-corrected chi connectivity index (χ1v) is 6.94. The number of fused-ring (bicyclic) bond motifs is 1. The third kappa shape index (κ3) is 2.16. The molecule has 2 heterocycles. The number of hydrogen-bond donors (Lipinski definition) is 1. The van der Waals surface area contributed by atoms with E-state index in [1.807, 2.05) is 12.1 Å². The van der Waals surface area contributed by atoms with Gasteiger partial charge in [0.15, 0.2) is 11.5 Å². The normalized spacial score (nSPS) is 18.2. The van der Waals surface area contributed by atoms with Gasteiger partial charge in [0.1, 0.15) is 0 Å². The summed E-state index contributed by atoms with van der Waals surface area (Å²) < 4.78 is 13.3. The molecule has 1 aromatic carbocycles. The van der Waals surface area contributed by atoms with Gasteiger partial charge in [0, 0.05) is 24.0 Å². The van der Waals surface area contributed by atoms with Crippen LogP contribution in [0.15, 0.2) is 36.5 Å². The van der Waals surface area contributed by atoms with Gasteiger partial charge < -0.3 is 19.4 Å². The molecule has 0 saturated heterocycles. The number of nitrogens with one attached hydrogen (secondary N) is 1. The van der Waals surface area contributed by atoms with Crippen LogP contribution in [0, 0.1) is 0 Å². The fraction of sp³-hybridized carbons (Fsp3) is 0.375. The van der Waals surface area contributed by atoms with Gasteiger partial charge in [0.2, 0.25) is 0 Å². The Balaban J connectivity index is 2.09. The molecular weight excluding hydrogens is 252 g/mol. The van der Waals surface area contributed by atoms with Crippen molar-refractivity contribution in [3.8, 4) is 11.5 Å². The fourth-order valence-corrected chi connectivity index (χ4v) is 2.90. The van der Waals surface area contributed by atoms with Gasteiger partial charge in [0.05, 0.1) is 20.3 Å². The van der Waals surface area contributed by atoms with Crippen LogP contribution in [0.25, 0.3) is 0 Å². The number of aryl methyl sites for hydroxylation is 1. The van der Waals surface area contributed by atoms with E-state index in [2.05, 4.69) is 34.3 Å². The number of rotatable bonds is 3. The summed E-state index contributed by atoms with van der Waals surface area (Å²) in [7, 11) is 3.36. The highest BCUT2D eigenvalue weighted by Crippen LogP contribution is 2.37. The Kier molecular flexibility index (Phi) is 3.65. The number of nitrogens with zero attached hydrogens (tertiary/aromatic N) is 1. The summed E-state index contributed by atoms with van der Waals surface area (Å²) >= 11 is 0. The Bertz CT molecular complexity index is 592. The van der Waals surface area contributed by atoms with Crippen LogP contribution in [0.4, 0.5) is 0 Å². The molecule has 1 aliphatic heterocycles. The zero-order chi connectivity index (χ0) is 13.9. The Morgan fingerprint density at radius 2 is 2.05 bits per heavy atom. The third-order valence-corrected chi connectivity index (χ3v) is 3.83. The van der Waals surface area contributed by atoms with E-state index in [1.165, 1.54) is 5.69 Å². The predicted octanol–water partition coefficient (Wildman–Crippen LogP) is 2.59. The van der Waals surface area contributed by atoms with Gasteiger partial charge in [-0.15, -0.1) is 0 Å². The van der Waals surface area contributed by atoms with E-state index >= 15 is 0 Å². The third-order valence-electron chi connectivity index (χ3n) is 3.83. The maximum atomic E-state index is 5.58. The predicted molar refractivity (Wildman–Crippen MR) is 78.4 cm³/mol. The zero-order valence-corrected chi connectivity index (χ0v) is 11.9. The topological polar surface area (TPSA) is 35.4 Å². The number of methoxy groups -OCH3 is 2. The molecule has 4 nitrogen and oxygen atoms in total. The van der Waals surface area contributed by atoms with Gasteiger partial charge in [-0.3, -0.25) is 0 Å². The van der Waals surface area contributed by atoms with Gasteiger partial charge in [-0.2, -0.15) is 0 Å². The fourth-order valence-electron chi connectivity index (χ4n) is 2.90. The Hall–Kier alpha value is -1.94. The molecule has 1 atom stereocenters. The molecule has 0 fully saturated rings. The number of ether oxygens (including phenoxy) is 2. The second-order valence-corrected chi connectivity index (χ2v) is 4.95. The van der Waals surface area contributed by atoms with Crippen LogP contribution in [0.1, 0.15) is 23.7 Å². The van der Waals surface area contributed by atoms with Gasteiger partial charge in [0.25, 0.3) is 0 Å². The lowest BCUT2D eigenvalue weighted by Gasteiger charge is -2.21. The second-order valence-electron chi connectivity index (χ2n) is 4.95. The van der Waals surface area contributed by atoms with Crippen LogP contribution in [0.2, 0.25) is 0 Å². The molecule has 3 rings (SSSR count). The molecule has 2 aromatic rings. The standard InChI is InChI=1S/C16H20N2O2/c1-19-14-8-3-6-12(16(14)20-2)15-13-7-4-10-18(13)11-5-9-17-15/h3-4,6-8,10,15,17H,5,9,11H2,1-2H3. The van der Waals surface area contributed by atoms with Crippen molar-refractivity contribution >= 4 is 0 Å². The van der Waals surface area contributed by atoms with Crippen LogP contribution in [0.3, 0.4) is 0 Å². The summed E-state index contributed by atoms with van der Waals surface area (Å²) in [6, 6.07) is 10.4. The minimum Gasteiger partial charge on any atom is -0.493 e. The zero-order valence-electron chi connectivity index (χ0n) is 11.9. The molecule has 0 aliphatic carbocycles. The smallest absolute Gasteiger partial charge is 0.165 e. The number of benzene rings is 1. The lowest BCUT2D eigenvalue weighted by molar-refractivity contribution is 0.348.